The van der Waals surface area contributed by atoms with Crippen molar-refractivity contribution >= 4 is 17.4 Å². The molecule has 0 saturated heterocycles. The minimum atomic E-state index is -0.579. The SMILES string of the molecule is CC(=O)c1cccc(NC(=O)c2cncc(F)c2)c1. The molecule has 0 spiro atoms. The number of benzene rings is 1. The second-order valence-electron chi connectivity index (χ2n) is 3.98. The topological polar surface area (TPSA) is 59.1 Å². The molecule has 0 fully saturated rings. The molecule has 1 heterocycles. The highest BCUT2D eigenvalue weighted by molar-refractivity contribution is 6.04. The third kappa shape index (κ3) is 3.22. The third-order valence-electron chi connectivity index (χ3n) is 2.49. The van der Waals surface area contributed by atoms with Crippen LogP contribution in [0.5, 0.6) is 0 Å². The van der Waals surface area contributed by atoms with Crippen molar-refractivity contribution in [2.24, 2.45) is 0 Å². The molecule has 1 aromatic heterocycles. The number of hydrogen-bond donors (Lipinski definition) is 1. The summed E-state index contributed by atoms with van der Waals surface area (Å²) in [5.41, 5.74) is 1.09. The molecule has 0 aliphatic heterocycles. The van der Waals surface area contributed by atoms with E-state index in [1.807, 2.05) is 0 Å². The van der Waals surface area contributed by atoms with Crippen LogP contribution in [0.1, 0.15) is 27.6 Å². The number of Topliss-reactive ketones (excluding diaryl/α,β-unsaturated/α-hetero) is 1. The number of hydrogen-bond acceptors (Lipinski definition) is 3. The fraction of sp³-hybridized carbons (Fsp3) is 0.0714. The number of rotatable bonds is 3. The molecule has 1 aromatic carbocycles. The second kappa shape index (κ2) is 5.39. The van der Waals surface area contributed by atoms with Gasteiger partial charge in [-0.1, -0.05) is 12.1 Å². The van der Waals surface area contributed by atoms with E-state index >= 15 is 0 Å². The van der Waals surface area contributed by atoms with Gasteiger partial charge in [-0.05, 0) is 25.1 Å². The van der Waals surface area contributed by atoms with Gasteiger partial charge in [0.2, 0.25) is 0 Å². The van der Waals surface area contributed by atoms with Crippen LogP contribution in [0.3, 0.4) is 0 Å². The number of ketones is 1. The molecule has 0 radical (unpaired) electrons. The van der Waals surface area contributed by atoms with Crippen molar-refractivity contribution in [1.82, 2.24) is 4.98 Å². The van der Waals surface area contributed by atoms with E-state index in [4.69, 9.17) is 0 Å². The highest BCUT2D eigenvalue weighted by atomic mass is 19.1. The Labute approximate surface area is 109 Å². The Morgan fingerprint density at radius 1 is 1.16 bits per heavy atom. The Morgan fingerprint density at radius 3 is 2.63 bits per heavy atom. The summed E-state index contributed by atoms with van der Waals surface area (Å²) in [7, 11) is 0. The van der Waals surface area contributed by atoms with Crippen LogP contribution in [0.15, 0.2) is 42.7 Å². The van der Waals surface area contributed by atoms with Crippen LogP contribution in [0.25, 0.3) is 0 Å². The summed E-state index contributed by atoms with van der Waals surface area (Å²) in [4.78, 5) is 26.7. The van der Waals surface area contributed by atoms with E-state index in [1.54, 1.807) is 24.3 Å². The van der Waals surface area contributed by atoms with Crippen molar-refractivity contribution in [3.8, 4) is 0 Å². The maximum Gasteiger partial charge on any atom is 0.257 e. The lowest BCUT2D eigenvalue weighted by Crippen LogP contribution is -2.12. The van der Waals surface area contributed by atoms with E-state index in [-0.39, 0.29) is 11.3 Å². The zero-order valence-electron chi connectivity index (χ0n) is 10.2. The Kier molecular flexibility index (Phi) is 3.66. The first-order valence-electron chi connectivity index (χ1n) is 5.59. The van der Waals surface area contributed by atoms with Gasteiger partial charge in [-0.3, -0.25) is 14.6 Å². The molecule has 96 valence electrons. The molecule has 2 rings (SSSR count). The van der Waals surface area contributed by atoms with Gasteiger partial charge >= 0.3 is 0 Å². The average molecular weight is 258 g/mol. The molecule has 0 unspecified atom stereocenters. The van der Waals surface area contributed by atoms with Crippen molar-refractivity contribution in [1.29, 1.82) is 0 Å². The number of carbonyl (C=O) groups excluding carboxylic acids is 2. The maximum atomic E-state index is 12.9. The summed E-state index contributed by atoms with van der Waals surface area (Å²) >= 11 is 0. The second-order valence-corrected chi connectivity index (χ2v) is 3.98. The summed E-state index contributed by atoms with van der Waals surface area (Å²) < 4.78 is 12.9. The summed E-state index contributed by atoms with van der Waals surface area (Å²) in [6.45, 7) is 1.44. The van der Waals surface area contributed by atoms with Crippen LogP contribution in [0, 0.1) is 5.82 Å². The van der Waals surface area contributed by atoms with Gasteiger partial charge in [0, 0.05) is 17.4 Å². The molecule has 0 saturated carbocycles. The molecule has 0 bridgehead atoms. The first kappa shape index (κ1) is 12.9. The van der Waals surface area contributed by atoms with Crippen molar-refractivity contribution < 1.29 is 14.0 Å². The van der Waals surface area contributed by atoms with Crippen LogP contribution in [-0.4, -0.2) is 16.7 Å². The molecular weight excluding hydrogens is 247 g/mol. The van der Waals surface area contributed by atoms with E-state index in [1.165, 1.54) is 13.1 Å². The molecule has 1 amide bonds. The zero-order chi connectivity index (χ0) is 13.8. The normalized spacial score (nSPS) is 10.0. The highest BCUT2D eigenvalue weighted by Crippen LogP contribution is 2.13. The maximum absolute atomic E-state index is 12.9. The van der Waals surface area contributed by atoms with Crippen LogP contribution < -0.4 is 5.32 Å². The van der Waals surface area contributed by atoms with Gasteiger partial charge in [0.1, 0.15) is 5.82 Å². The predicted molar refractivity (Wildman–Crippen MR) is 68.6 cm³/mol. The van der Waals surface area contributed by atoms with E-state index < -0.39 is 11.7 Å². The fourth-order valence-corrected chi connectivity index (χ4v) is 1.56. The van der Waals surface area contributed by atoms with Crippen LogP contribution in [-0.2, 0) is 0 Å². The third-order valence-corrected chi connectivity index (χ3v) is 2.49. The Bertz CT molecular complexity index is 641. The lowest BCUT2D eigenvalue weighted by Gasteiger charge is -2.06. The number of halogens is 1. The van der Waals surface area contributed by atoms with Crippen LogP contribution in [0.4, 0.5) is 10.1 Å². The Hall–Kier alpha value is -2.56. The minimum absolute atomic E-state index is 0.0940. The number of anilines is 1. The lowest BCUT2D eigenvalue weighted by molar-refractivity contribution is 0.101. The number of nitrogens with zero attached hydrogens (tertiary/aromatic N) is 1. The molecule has 19 heavy (non-hydrogen) atoms. The van der Waals surface area contributed by atoms with Gasteiger partial charge < -0.3 is 5.32 Å². The van der Waals surface area contributed by atoms with Crippen LogP contribution >= 0.6 is 0 Å². The quantitative estimate of drug-likeness (QED) is 0.861. The van der Waals surface area contributed by atoms with Gasteiger partial charge in [-0.25, -0.2) is 4.39 Å². The number of pyridine rings is 1. The summed E-state index contributed by atoms with van der Waals surface area (Å²) in [5, 5.41) is 2.58. The Balaban J connectivity index is 2.19. The molecule has 0 atom stereocenters. The van der Waals surface area contributed by atoms with Gasteiger partial charge in [-0.15, -0.1) is 0 Å². The van der Waals surface area contributed by atoms with E-state index in [0.717, 1.165) is 12.3 Å². The molecule has 1 N–H and O–H groups in total. The molecule has 0 aliphatic rings. The molecule has 0 aliphatic carbocycles. The Morgan fingerprint density at radius 2 is 1.95 bits per heavy atom. The van der Waals surface area contributed by atoms with Crippen molar-refractivity contribution in [3.63, 3.8) is 0 Å². The molecular formula is C14H11FN2O2. The minimum Gasteiger partial charge on any atom is -0.322 e. The number of aromatic nitrogens is 1. The van der Waals surface area contributed by atoms with E-state index in [2.05, 4.69) is 10.3 Å². The van der Waals surface area contributed by atoms with Crippen molar-refractivity contribution in [2.45, 2.75) is 6.92 Å². The van der Waals surface area contributed by atoms with Crippen molar-refractivity contribution in [2.75, 3.05) is 5.32 Å². The molecule has 2 aromatic rings. The van der Waals surface area contributed by atoms with E-state index in [0.29, 0.717) is 11.3 Å². The van der Waals surface area contributed by atoms with E-state index in [9.17, 15) is 14.0 Å². The van der Waals surface area contributed by atoms with Crippen LogP contribution in [0.2, 0.25) is 0 Å². The van der Waals surface area contributed by atoms with Gasteiger partial charge in [0.05, 0.1) is 11.8 Å². The zero-order valence-corrected chi connectivity index (χ0v) is 10.2. The summed E-state index contributed by atoms with van der Waals surface area (Å²) in [5.74, 6) is -1.15. The largest absolute Gasteiger partial charge is 0.322 e. The smallest absolute Gasteiger partial charge is 0.257 e. The first-order chi connectivity index (χ1) is 9.06. The molecule has 4 nitrogen and oxygen atoms in total. The van der Waals surface area contributed by atoms with Crippen molar-refractivity contribution in [3.05, 3.63) is 59.7 Å². The van der Waals surface area contributed by atoms with Gasteiger partial charge in [0.15, 0.2) is 5.78 Å². The standard InChI is InChI=1S/C14H11FN2O2/c1-9(18)10-3-2-4-13(6-10)17-14(19)11-5-12(15)8-16-7-11/h2-8H,1H3,(H,17,19). The molecule has 5 heteroatoms. The predicted octanol–water partition coefficient (Wildman–Crippen LogP) is 2.68. The monoisotopic (exact) mass is 258 g/mol. The summed E-state index contributed by atoms with van der Waals surface area (Å²) in [6, 6.07) is 7.62. The van der Waals surface area contributed by atoms with Gasteiger partial charge in [0.25, 0.3) is 5.91 Å². The van der Waals surface area contributed by atoms with Gasteiger partial charge in [-0.2, -0.15) is 0 Å². The fourth-order valence-electron chi connectivity index (χ4n) is 1.56. The highest BCUT2D eigenvalue weighted by Gasteiger charge is 2.08. The average Bonchev–Trinajstić information content (AvgIpc) is 2.39. The number of carbonyl (C=O) groups is 2. The number of amides is 1. The lowest BCUT2D eigenvalue weighted by atomic mass is 10.1. The number of nitrogens with one attached hydrogen (secondary N) is 1. The first-order valence-corrected chi connectivity index (χ1v) is 5.59. The summed E-state index contributed by atoms with van der Waals surface area (Å²) in [6.07, 6.45) is 2.29.